The summed E-state index contributed by atoms with van der Waals surface area (Å²) in [5, 5.41) is 0.147. The normalized spacial score (nSPS) is 19.7. The minimum absolute atomic E-state index is 0.0868. The van der Waals surface area contributed by atoms with Gasteiger partial charge in [0.05, 0.1) is 30.2 Å². The first-order valence-electron chi connectivity index (χ1n) is 8.55. The molecule has 7 heteroatoms. The SMILES string of the molecule is [C-]#[N+]C1C(C)=NC(COC)=C(C(=O)OCC(C)C)C1c1ccc(F)cc1Cl. The third kappa shape index (κ3) is 4.74. The molecule has 1 aromatic rings. The highest BCUT2D eigenvalue weighted by Gasteiger charge is 2.43. The highest BCUT2D eigenvalue weighted by atomic mass is 35.5. The van der Waals surface area contributed by atoms with Crippen LogP contribution in [0.15, 0.2) is 34.5 Å². The molecule has 0 aromatic heterocycles. The molecular weight excluding hydrogens is 371 g/mol. The smallest absolute Gasteiger partial charge is 0.336 e. The Kier molecular flexibility index (Phi) is 7.11. The van der Waals surface area contributed by atoms with E-state index in [1.165, 1.54) is 25.3 Å². The van der Waals surface area contributed by atoms with Gasteiger partial charge in [0, 0.05) is 12.1 Å². The maximum Gasteiger partial charge on any atom is 0.336 e. The molecule has 0 spiro atoms. The van der Waals surface area contributed by atoms with Gasteiger partial charge in [0.2, 0.25) is 0 Å². The fourth-order valence-corrected chi connectivity index (χ4v) is 3.26. The summed E-state index contributed by atoms with van der Waals surface area (Å²) in [4.78, 5) is 21.0. The molecular formula is C20H22ClFN2O3. The van der Waals surface area contributed by atoms with E-state index in [-0.39, 0.29) is 29.7 Å². The number of esters is 1. The Labute approximate surface area is 163 Å². The monoisotopic (exact) mass is 392 g/mol. The predicted molar refractivity (Wildman–Crippen MR) is 102 cm³/mol. The van der Waals surface area contributed by atoms with Crippen LogP contribution in [0.5, 0.6) is 0 Å². The van der Waals surface area contributed by atoms with Gasteiger partial charge in [0.25, 0.3) is 6.04 Å². The van der Waals surface area contributed by atoms with Gasteiger partial charge in [0.1, 0.15) is 11.7 Å². The van der Waals surface area contributed by atoms with Crippen molar-refractivity contribution < 1.29 is 18.7 Å². The summed E-state index contributed by atoms with van der Waals surface area (Å²) >= 11 is 6.27. The lowest BCUT2D eigenvalue weighted by Crippen LogP contribution is -2.34. The van der Waals surface area contributed by atoms with Gasteiger partial charge in [-0.1, -0.05) is 31.5 Å². The first kappa shape index (κ1) is 21.1. The van der Waals surface area contributed by atoms with Crippen LogP contribution in [0.2, 0.25) is 5.02 Å². The van der Waals surface area contributed by atoms with E-state index in [0.717, 1.165) is 0 Å². The number of hydrogen-bond acceptors (Lipinski definition) is 4. The van der Waals surface area contributed by atoms with Crippen molar-refractivity contribution in [2.45, 2.75) is 32.7 Å². The van der Waals surface area contributed by atoms with Gasteiger partial charge in [0.15, 0.2) is 0 Å². The van der Waals surface area contributed by atoms with Crippen molar-refractivity contribution in [2.24, 2.45) is 10.9 Å². The van der Waals surface area contributed by atoms with Crippen LogP contribution in [-0.4, -0.2) is 38.0 Å². The molecule has 0 aliphatic carbocycles. The zero-order chi connectivity index (χ0) is 20.1. The molecule has 1 aromatic carbocycles. The molecule has 5 nitrogen and oxygen atoms in total. The second-order valence-corrected chi connectivity index (χ2v) is 7.16. The third-order valence-electron chi connectivity index (χ3n) is 4.16. The number of nitrogens with zero attached hydrogens (tertiary/aromatic N) is 2. The molecule has 27 heavy (non-hydrogen) atoms. The van der Waals surface area contributed by atoms with E-state index in [4.69, 9.17) is 27.6 Å². The summed E-state index contributed by atoms with van der Waals surface area (Å²) < 4.78 is 24.2. The largest absolute Gasteiger partial charge is 0.462 e. The van der Waals surface area contributed by atoms with Crippen molar-refractivity contribution in [3.05, 3.63) is 57.3 Å². The van der Waals surface area contributed by atoms with Crippen molar-refractivity contribution in [2.75, 3.05) is 20.3 Å². The van der Waals surface area contributed by atoms with Crippen LogP contribution in [0, 0.1) is 18.3 Å². The number of benzene rings is 1. The Balaban J connectivity index is 2.63. The maximum absolute atomic E-state index is 13.5. The van der Waals surface area contributed by atoms with Crippen LogP contribution >= 0.6 is 11.6 Å². The van der Waals surface area contributed by atoms with Crippen LogP contribution in [0.3, 0.4) is 0 Å². The highest BCUT2D eigenvalue weighted by Crippen LogP contribution is 2.40. The van der Waals surface area contributed by atoms with Gasteiger partial charge in [-0.15, -0.1) is 0 Å². The van der Waals surface area contributed by atoms with Crippen molar-refractivity contribution in [1.82, 2.24) is 0 Å². The molecule has 0 N–H and O–H groups in total. The van der Waals surface area contributed by atoms with Gasteiger partial charge < -0.3 is 14.3 Å². The van der Waals surface area contributed by atoms with E-state index in [0.29, 0.717) is 17.0 Å². The molecule has 1 aliphatic heterocycles. The van der Waals surface area contributed by atoms with Gasteiger partial charge in [-0.3, -0.25) is 4.99 Å². The van der Waals surface area contributed by atoms with Crippen molar-refractivity contribution in [3.8, 4) is 0 Å². The number of methoxy groups -OCH3 is 1. The molecule has 144 valence electrons. The minimum Gasteiger partial charge on any atom is -0.462 e. The van der Waals surface area contributed by atoms with E-state index >= 15 is 0 Å². The predicted octanol–water partition coefficient (Wildman–Crippen LogP) is 4.42. The summed E-state index contributed by atoms with van der Waals surface area (Å²) in [5.74, 6) is -1.61. The summed E-state index contributed by atoms with van der Waals surface area (Å²) in [5.41, 5.74) is 1.66. The molecule has 0 fully saturated rings. The zero-order valence-electron chi connectivity index (χ0n) is 15.8. The number of carbonyl (C=O) groups is 1. The zero-order valence-corrected chi connectivity index (χ0v) is 16.5. The minimum atomic E-state index is -0.741. The van der Waals surface area contributed by atoms with Crippen LogP contribution < -0.4 is 0 Å². The Morgan fingerprint density at radius 1 is 1.44 bits per heavy atom. The number of hydrogen-bond donors (Lipinski definition) is 0. The molecule has 0 radical (unpaired) electrons. The number of aliphatic imine (C=N–C) groups is 1. The molecule has 0 saturated heterocycles. The molecule has 2 unspecified atom stereocenters. The molecule has 2 rings (SSSR count). The Hall–Kier alpha value is -2.23. The number of carbonyl (C=O) groups excluding carboxylic acids is 1. The van der Waals surface area contributed by atoms with E-state index in [1.54, 1.807) is 6.92 Å². The molecule has 1 heterocycles. The highest BCUT2D eigenvalue weighted by molar-refractivity contribution is 6.31. The molecule has 0 amide bonds. The topological polar surface area (TPSA) is 52.2 Å². The maximum atomic E-state index is 13.5. The van der Waals surface area contributed by atoms with Gasteiger partial charge >= 0.3 is 5.97 Å². The van der Waals surface area contributed by atoms with Crippen molar-refractivity contribution in [3.63, 3.8) is 0 Å². The van der Waals surface area contributed by atoms with E-state index in [1.807, 2.05) is 13.8 Å². The quantitative estimate of drug-likeness (QED) is 0.531. The van der Waals surface area contributed by atoms with Gasteiger partial charge in [-0.25, -0.2) is 15.8 Å². The molecule has 0 saturated carbocycles. The first-order valence-corrected chi connectivity index (χ1v) is 8.93. The lowest BCUT2D eigenvalue weighted by Gasteiger charge is -2.27. The Bertz CT molecular complexity index is 827. The Morgan fingerprint density at radius 2 is 2.15 bits per heavy atom. The number of rotatable bonds is 6. The lowest BCUT2D eigenvalue weighted by molar-refractivity contribution is -0.140. The first-order chi connectivity index (χ1) is 12.8. The van der Waals surface area contributed by atoms with Crippen LogP contribution in [-0.2, 0) is 14.3 Å². The summed E-state index contributed by atoms with van der Waals surface area (Å²) in [6.45, 7) is 13.5. The fraction of sp³-hybridized carbons (Fsp3) is 0.450. The second kappa shape index (κ2) is 9.12. The average Bonchev–Trinajstić information content (AvgIpc) is 2.59. The van der Waals surface area contributed by atoms with E-state index in [9.17, 15) is 9.18 Å². The Morgan fingerprint density at radius 3 is 2.70 bits per heavy atom. The standard InChI is InChI=1S/C20H22ClFN2O3/c1-11(2)9-27-20(25)18-16(10-26-5)24-12(3)19(23-4)17(18)14-7-6-13(22)8-15(14)21/h6-8,11,17,19H,9-10H2,1-3,5H3. The average molecular weight is 393 g/mol. The van der Waals surface area contributed by atoms with Crippen LogP contribution in [0.4, 0.5) is 4.39 Å². The summed E-state index contributed by atoms with van der Waals surface area (Å²) in [6, 6.07) is 3.19. The second-order valence-electron chi connectivity index (χ2n) is 6.76. The van der Waals surface area contributed by atoms with Crippen molar-refractivity contribution >= 4 is 23.3 Å². The van der Waals surface area contributed by atoms with Crippen LogP contribution in [0.25, 0.3) is 4.85 Å². The van der Waals surface area contributed by atoms with E-state index < -0.39 is 23.7 Å². The lowest BCUT2D eigenvalue weighted by atomic mass is 9.80. The summed E-state index contributed by atoms with van der Waals surface area (Å²) in [6.07, 6.45) is 0. The van der Waals surface area contributed by atoms with Gasteiger partial charge in [-0.05, 0) is 30.5 Å². The molecule has 2 atom stereocenters. The summed E-state index contributed by atoms with van der Waals surface area (Å²) in [7, 11) is 1.50. The number of ether oxygens (including phenoxy) is 2. The van der Waals surface area contributed by atoms with Gasteiger partial charge in [-0.2, -0.15) is 0 Å². The van der Waals surface area contributed by atoms with Crippen LogP contribution in [0.1, 0.15) is 32.3 Å². The number of halogens is 2. The molecule has 1 aliphatic rings. The fourth-order valence-electron chi connectivity index (χ4n) is 2.98. The third-order valence-corrected chi connectivity index (χ3v) is 4.49. The molecule has 0 bridgehead atoms. The van der Waals surface area contributed by atoms with E-state index in [2.05, 4.69) is 9.84 Å². The van der Waals surface area contributed by atoms with Crippen molar-refractivity contribution in [1.29, 1.82) is 0 Å².